The Kier molecular flexibility index (Phi) is 4.93. The summed E-state index contributed by atoms with van der Waals surface area (Å²) in [6, 6.07) is 3.17. The van der Waals surface area contributed by atoms with Crippen molar-refractivity contribution in [1.29, 1.82) is 0 Å². The standard InChI is InChI=1S/C11H14N6O2S/c1-8-6-17(10(7-18)14-13-8)16-15-11(19)12-5-9-3-2-4-20-9/h2-5,7,10,14,16H,6H2,1H3,(H,15,19). The molecule has 8 nitrogen and oxygen atoms in total. The number of aliphatic imine (C=N–C) groups is 1. The largest absolute Gasteiger partial charge is 0.356 e. The predicted octanol–water partition coefficient (Wildman–Crippen LogP) is 0.102. The first-order chi connectivity index (χ1) is 9.69. The second-order valence-corrected chi connectivity index (χ2v) is 4.98. The molecule has 1 atom stereocenters. The maximum Gasteiger partial charge on any atom is 0.356 e. The maximum absolute atomic E-state index is 11.5. The highest BCUT2D eigenvalue weighted by molar-refractivity contribution is 7.11. The third-order valence-electron chi connectivity index (χ3n) is 2.41. The molecule has 0 radical (unpaired) electrons. The van der Waals surface area contributed by atoms with E-state index in [0.717, 1.165) is 10.6 Å². The van der Waals surface area contributed by atoms with Gasteiger partial charge in [0.15, 0.2) is 12.5 Å². The molecule has 2 rings (SSSR count). The van der Waals surface area contributed by atoms with Gasteiger partial charge in [0.25, 0.3) is 0 Å². The third-order valence-corrected chi connectivity index (χ3v) is 3.22. The van der Waals surface area contributed by atoms with E-state index in [4.69, 9.17) is 0 Å². The lowest BCUT2D eigenvalue weighted by Gasteiger charge is -2.30. The van der Waals surface area contributed by atoms with E-state index in [2.05, 4.69) is 26.5 Å². The zero-order valence-corrected chi connectivity index (χ0v) is 11.6. The molecule has 0 bridgehead atoms. The van der Waals surface area contributed by atoms with Crippen molar-refractivity contribution in [3.05, 3.63) is 22.4 Å². The van der Waals surface area contributed by atoms with E-state index >= 15 is 0 Å². The van der Waals surface area contributed by atoms with Crippen LogP contribution in [0.3, 0.4) is 0 Å². The second kappa shape index (κ2) is 6.89. The third kappa shape index (κ3) is 3.95. The van der Waals surface area contributed by atoms with Crippen molar-refractivity contribution in [2.24, 2.45) is 10.1 Å². The number of aldehydes is 1. The molecule has 0 spiro atoms. The Bertz CT molecular complexity index is 527. The second-order valence-electron chi connectivity index (χ2n) is 4.00. The summed E-state index contributed by atoms with van der Waals surface area (Å²) in [5, 5.41) is 7.35. The molecular weight excluding hydrogens is 280 g/mol. The number of carbonyl (C=O) groups excluding carboxylic acids is 2. The molecule has 0 aliphatic carbocycles. The molecule has 1 aliphatic rings. The lowest BCUT2D eigenvalue weighted by molar-refractivity contribution is -0.115. The summed E-state index contributed by atoms with van der Waals surface area (Å²) >= 11 is 1.48. The molecule has 1 aromatic heterocycles. The van der Waals surface area contributed by atoms with Crippen molar-refractivity contribution >= 4 is 35.6 Å². The zero-order chi connectivity index (χ0) is 14.4. The van der Waals surface area contributed by atoms with Gasteiger partial charge >= 0.3 is 6.03 Å². The van der Waals surface area contributed by atoms with E-state index in [1.807, 2.05) is 17.5 Å². The molecule has 2 amide bonds. The molecule has 2 heterocycles. The minimum atomic E-state index is -0.639. The van der Waals surface area contributed by atoms with Crippen LogP contribution in [0.15, 0.2) is 27.6 Å². The number of hydrazine groups is 2. The SMILES string of the molecule is CC1=NNC(C=O)N(NNC(=O)N=Cc2cccs2)C1. The van der Waals surface area contributed by atoms with Crippen LogP contribution in [0, 0.1) is 0 Å². The molecule has 1 aliphatic heterocycles. The number of nitrogens with zero attached hydrogens (tertiary/aromatic N) is 3. The molecule has 3 N–H and O–H groups in total. The number of thiophene rings is 1. The Balaban J connectivity index is 1.83. The van der Waals surface area contributed by atoms with E-state index in [9.17, 15) is 9.59 Å². The van der Waals surface area contributed by atoms with Gasteiger partial charge in [0.2, 0.25) is 0 Å². The summed E-state index contributed by atoms with van der Waals surface area (Å²) in [5.74, 6) is 0. The van der Waals surface area contributed by atoms with Gasteiger partial charge in [-0.05, 0) is 18.4 Å². The van der Waals surface area contributed by atoms with Crippen LogP contribution in [0.25, 0.3) is 0 Å². The first-order valence-corrected chi connectivity index (χ1v) is 6.71. The average molecular weight is 294 g/mol. The minimum absolute atomic E-state index is 0.408. The van der Waals surface area contributed by atoms with Gasteiger partial charge in [0, 0.05) is 11.1 Å². The summed E-state index contributed by atoms with van der Waals surface area (Å²) in [6.45, 7) is 2.21. The highest BCUT2D eigenvalue weighted by Crippen LogP contribution is 2.04. The molecule has 1 unspecified atom stereocenters. The van der Waals surface area contributed by atoms with Crippen molar-refractivity contribution in [2.45, 2.75) is 13.1 Å². The number of amides is 2. The summed E-state index contributed by atoms with van der Waals surface area (Å²) in [7, 11) is 0. The molecule has 0 saturated carbocycles. The van der Waals surface area contributed by atoms with Crippen LogP contribution in [0.2, 0.25) is 0 Å². The Morgan fingerprint density at radius 3 is 3.25 bits per heavy atom. The fourth-order valence-corrected chi connectivity index (χ4v) is 2.06. The molecule has 0 aromatic carbocycles. The monoisotopic (exact) mass is 294 g/mol. The van der Waals surface area contributed by atoms with Crippen LogP contribution in [0.4, 0.5) is 4.79 Å². The molecule has 20 heavy (non-hydrogen) atoms. The molecule has 1 aromatic rings. The molecule has 9 heteroatoms. The van der Waals surface area contributed by atoms with Gasteiger partial charge in [-0.2, -0.15) is 20.6 Å². The van der Waals surface area contributed by atoms with Crippen LogP contribution in [-0.2, 0) is 4.79 Å². The summed E-state index contributed by atoms with van der Waals surface area (Å²) in [5.41, 5.74) is 8.45. The zero-order valence-electron chi connectivity index (χ0n) is 10.7. The van der Waals surface area contributed by atoms with Crippen molar-refractivity contribution < 1.29 is 9.59 Å². The Hall–Kier alpha value is -2.10. The van der Waals surface area contributed by atoms with Crippen LogP contribution < -0.4 is 16.4 Å². The van der Waals surface area contributed by atoms with E-state index < -0.39 is 12.2 Å². The number of nitrogens with one attached hydrogen (secondary N) is 3. The van der Waals surface area contributed by atoms with Gasteiger partial charge < -0.3 is 0 Å². The van der Waals surface area contributed by atoms with Gasteiger partial charge in [-0.25, -0.2) is 4.79 Å². The number of hydrazone groups is 1. The fraction of sp³-hybridized carbons (Fsp3) is 0.273. The van der Waals surface area contributed by atoms with Crippen LogP contribution in [0.5, 0.6) is 0 Å². The van der Waals surface area contributed by atoms with Crippen molar-refractivity contribution in [1.82, 2.24) is 21.4 Å². The van der Waals surface area contributed by atoms with Crippen molar-refractivity contribution in [3.8, 4) is 0 Å². The quantitative estimate of drug-likeness (QED) is 0.416. The van der Waals surface area contributed by atoms with Gasteiger partial charge in [-0.15, -0.1) is 11.3 Å². The van der Waals surface area contributed by atoms with E-state index in [1.165, 1.54) is 22.6 Å². The Morgan fingerprint density at radius 1 is 1.70 bits per heavy atom. The fourth-order valence-electron chi connectivity index (χ4n) is 1.48. The van der Waals surface area contributed by atoms with Gasteiger partial charge in [-0.1, -0.05) is 6.07 Å². The van der Waals surface area contributed by atoms with Gasteiger partial charge in [0.05, 0.1) is 12.3 Å². The lowest BCUT2D eigenvalue weighted by atomic mass is 10.3. The topological polar surface area (TPSA) is 98.2 Å². The maximum atomic E-state index is 11.5. The molecule has 0 fully saturated rings. The summed E-state index contributed by atoms with van der Waals surface area (Å²) in [6.07, 6.45) is 1.52. The first kappa shape index (κ1) is 14.3. The smallest absolute Gasteiger partial charge is 0.299 e. The van der Waals surface area contributed by atoms with Gasteiger partial charge in [0.1, 0.15) is 0 Å². The lowest BCUT2D eigenvalue weighted by Crippen LogP contribution is -2.61. The number of urea groups is 1. The van der Waals surface area contributed by atoms with Crippen LogP contribution >= 0.6 is 11.3 Å². The molecule has 106 valence electrons. The number of rotatable bonds is 4. The first-order valence-electron chi connectivity index (χ1n) is 5.83. The normalized spacial score (nSPS) is 19.4. The van der Waals surface area contributed by atoms with Crippen LogP contribution in [0.1, 0.15) is 11.8 Å². The highest BCUT2D eigenvalue weighted by Gasteiger charge is 2.21. The van der Waals surface area contributed by atoms with Crippen molar-refractivity contribution in [2.75, 3.05) is 6.54 Å². The minimum Gasteiger partial charge on any atom is -0.299 e. The highest BCUT2D eigenvalue weighted by atomic mass is 32.1. The van der Waals surface area contributed by atoms with Gasteiger partial charge in [-0.3, -0.25) is 15.6 Å². The number of hydrogen-bond acceptors (Lipinski definition) is 7. The van der Waals surface area contributed by atoms with E-state index in [-0.39, 0.29) is 0 Å². The summed E-state index contributed by atoms with van der Waals surface area (Å²) in [4.78, 5) is 27.0. The molecule has 0 saturated heterocycles. The average Bonchev–Trinajstić information content (AvgIpc) is 2.96. The Labute approximate surface area is 119 Å². The van der Waals surface area contributed by atoms with E-state index in [0.29, 0.717) is 12.8 Å². The number of hydrogen-bond donors (Lipinski definition) is 3. The predicted molar refractivity (Wildman–Crippen MR) is 76.4 cm³/mol. The van der Waals surface area contributed by atoms with E-state index in [1.54, 1.807) is 6.92 Å². The van der Waals surface area contributed by atoms with Crippen LogP contribution in [-0.4, -0.2) is 42.0 Å². The summed E-state index contributed by atoms with van der Waals surface area (Å²) < 4.78 is 0. The number of carbonyl (C=O) groups is 2. The molecular formula is C11H14N6O2S. The Morgan fingerprint density at radius 2 is 2.55 bits per heavy atom. The van der Waals surface area contributed by atoms with Crippen molar-refractivity contribution in [3.63, 3.8) is 0 Å².